The fraction of sp³-hybridized carbons (Fsp3) is 0.500. The van der Waals surface area contributed by atoms with Crippen molar-refractivity contribution in [3.8, 4) is 0 Å². The van der Waals surface area contributed by atoms with E-state index in [0.717, 1.165) is 12.8 Å². The van der Waals surface area contributed by atoms with Crippen LogP contribution in [0.25, 0.3) is 4.85 Å². The van der Waals surface area contributed by atoms with E-state index in [1.807, 2.05) is 0 Å². The van der Waals surface area contributed by atoms with Crippen LogP contribution in [0.5, 0.6) is 0 Å². The van der Waals surface area contributed by atoms with Crippen LogP contribution >= 0.6 is 0 Å². The molecule has 0 spiro atoms. The van der Waals surface area contributed by atoms with Gasteiger partial charge in [-0.05, 0) is 0 Å². The normalized spacial score (nSPS) is 19.9. The van der Waals surface area contributed by atoms with Crippen LogP contribution in [0.15, 0.2) is 12.2 Å². The summed E-state index contributed by atoms with van der Waals surface area (Å²) in [5, 5.41) is 0. The number of hydrogen-bond acceptors (Lipinski definition) is 0. The lowest BCUT2D eigenvalue weighted by molar-refractivity contribution is 0.844. The van der Waals surface area contributed by atoms with Crippen molar-refractivity contribution in [2.75, 3.05) is 0 Å². The van der Waals surface area contributed by atoms with E-state index >= 15 is 0 Å². The molecule has 36 valence electrons. The molecule has 0 aromatic heterocycles. The molecule has 0 bridgehead atoms. The first-order chi connectivity index (χ1) is 3.43. The van der Waals surface area contributed by atoms with E-state index in [1.165, 1.54) is 0 Å². The maximum absolute atomic E-state index is 6.58. The summed E-state index contributed by atoms with van der Waals surface area (Å²) in [6, 6.07) is 0.278. The molecule has 0 radical (unpaired) electrons. The Bertz CT molecular complexity index is 111. The Kier molecular flexibility index (Phi) is 1.12. The van der Waals surface area contributed by atoms with Crippen molar-refractivity contribution in [3.05, 3.63) is 23.6 Å². The van der Waals surface area contributed by atoms with Gasteiger partial charge in [0.1, 0.15) is 0 Å². The van der Waals surface area contributed by atoms with Gasteiger partial charge in [0.15, 0.2) is 0 Å². The second kappa shape index (κ2) is 1.79. The molecular weight excluding hydrogens is 86.1 g/mol. The molecule has 0 aromatic rings. The van der Waals surface area contributed by atoms with Crippen molar-refractivity contribution in [2.45, 2.75) is 18.9 Å². The molecule has 1 heteroatoms. The van der Waals surface area contributed by atoms with Gasteiger partial charge in [0.25, 0.3) is 0 Å². The molecule has 0 saturated heterocycles. The first kappa shape index (κ1) is 4.39. The van der Waals surface area contributed by atoms with Gasteiger partial charge >= 0.3 is 0 Å². The van der Waals surface area contributed by atoms with Crippen LogP contribution in [0.2, 0.25) is 0 Å². The fourth-order valence-corrected chi connectivity index (χ4v) is 0.708. The van der Waals surface area contributed by atoms with Gasteiger partial charge < -0.3 is 4.85 Å². The predicted molar refractivity (Wildman–Crippen MR) is 28.8 cm³/mol. The van der Waals surface area contributed by atoms with Crippen LogP contribution in [0.3, 0.4) is 0 Å². The van der Waals surface area contributed by atoms with Crippen molar-refractivity contribution < 1.29 is 0 Å². The topological polar surface area (TPSA) is 4.36 Å². The van der Waals surface area contributed by atoms with Crippen LogP contribution in [0.4, 0.5) is 0 Å². The summed E-state index contributed by atoms with van der Waals surface area (Å²) >= 11 is 0. The van der Waals surface area contributed by atoms with Crippen LogP contribution in [0, 0.1) is 6.57 Å². The van der Waals surface area contributed by atoms with Crippen LogP contribution < -0.4 is 0 Å². The first-order valence-corrected chi connectivity index (χ1v) is 2.45. The van der Waals surface area contributed by atoms with Gasteiger partial charge in [0.2, 0.25) is 6.04 Å². The molecule has 0 amide bonds. The third-order valence-corrected chi connectivity index (χ3v) is 1.17. The van der Waals surface area contributed by atoms with Gasteiger partial charge in [-0.25, -0.2) is 6.57 Å². The Morgan fingerprint density at radius 3 is 2.29 bits per heavy atom. The molecule has 1 aliphatic carbocycles. The Morgan fingerprint density at radius 2 is 2.00 bits per heavy atom. The molecule has 0 aromatic carbocycles. The van der Waals surface area contributed by atoms with E-state index in [2.05, 4.69) is 17.0 Å². The van der Waals surface area contributed by atoms with Crippen LogP contribution in [0.1, 0.15) is 12.8 Å². The highest BCUT2D eigenvalue weighted by Gasteiger charge is 2.11. The van der Waals surface area contributed by atoms with E-state index < -0.39 is 0 Å². The number of hydrogen-bond donors (Lipinski definition) is 0. The van der Waals surface area contributed by atoms with E-state index in [0.29, 0.717) is 0 Å². The maximum atomic E-state index is 6.58. The lowest BCUT2D eigenvalue weighted by atomic mass is 10.3. The van der Waals surface area contributed by atoms with E-state index in [1.54, 1.807) is 0 Å². The average molecular weight is 93.1 g/mol. The zero-order chi connectivity index (χ0) is 5.11. The van der Waals surface area contributed by atoms with Crippen molar-refractivity contribution >= 4 is 0 Å². The summed E-state index contributed by atoms with van der Waals surface area (Å²) in [6.07, 6.45) is 6.10. The highest BCUT2D eigenvalue weighted by atomic mass is 14.7. The monoisotopic (exact) mass is 93.1 g/mol. The first-order valence-electron chi connectivity index (χ1n) is 2.45. The molecule has 0 N–H and O–H groups in total. The van der Waals surface area contributed by atoms with Gasteiger partial charge in [-0.3, -0.25) is 0 Å². The molecule has 0 atom stereocenters. The third kappa shape index (κ3) is 0.806. The molecule has 1 rings (SSSR count). The highest BCUT2D eigenvalue weighted by Crippen LogP contribution is 2.11. The summed E-state index contributed by atoms with van der Waals surface area (Å²) in [7, 11) is 0. The number of nitrogens with zero attached hydrogens (tertiary/aromatic N) is 1. The van der Waals surface area contributed by atoms with Crippen molar-refractivity contribution in [3.63, 3.8) is 0 Å². The van der Waals surface area contributed by atoms with E-state index in [4.69, 9.17) is 6.57 Å². The van der Waals surface area contributed by atoms with Crippen molar-refractivity contribution in [2.24, 2.45) is 0 Å². The Balaban J connectivity index is 2.39. The average Bonchev–Trinajstić information content (AvgIpc) is 2.14. The van der Waals surface area contributed by atoms with Gasteiger partial charge in [-0.15, -0.1) is 0 Å². The zero-order valence-electron chi connectivity index (χ0n) is 4.09. The second-order valence-electron chi connectivity index (χ2n) is 1.73. The van der Waals surface area contributed by atoms with Crippen molar-refractivity contribution in [1.82, 2.24) is 0 Å². The van der Waals surface area contributed by atoms with Gasteiger partial charge in [0.05, 0.1) is 0 Å². The summed E-state index contributed by atoms with van der Waals surface area (Å²) in [4.78, 5) is 3.38. The van der Waals surface area contributed by atoms with E-state index in [9.17, 15) is 0 Å². The zero-order valence-corrected chi connectivity index (χ0v) is 4.09. The smallest absolute Gasteiger partial charge is 0.230 e. The quantitative estimate of drug-likeness (QED) is 0.316. The molecular formula is C6H7N. The van der Waals surface area contributed by atoms with Gasteiger partial charge in [0, 0.05) is 12.8 Å². The minimum Gasteiger partial charge on any atom is -0.313 e. The minimum atomic E-state index is 0.278. The largest absolute Gasteiger partial charge is 0.313 e. The van der Waals surface area contributed by atoms with Gasteiger partial charge in [-0.2, -0.15) is 0 Å². The maximum Gasteiger partial charge on any atom is 0.230 e. The summed E-state index contributed by atoms with van der Waals surface area (Å²) in [5.74, 6) is 0. The molecule has 0 saturated carbocycles. The highest BCUT2D eigenvalue weighted by molar-refractivity contribution is 5.02. The molecule has 0 unspecified atom stereocenters. The predicted octanol–water partition coefficient (Wildman–Crippen LogP) is 1.62. The minimum absolute atomic E-state index is 0.278. The van der Waals surface area contributed by atoms with E-state index in [-0.39, 0.29) is 6.04 Å². The standard InChI is InChI=1S/C6H7N/c1-7-6-4-2-3-5-6/h2-3,6H,4-5H2. The fourth-order valence-electron chi connectivity index (χ4n) is 0.708. The number of rotatable bonds is 0. The summed E-state index contributed by atoms with van der Waals surface area (Å²) in [6.45, 7) is 6.58. The molecule has 7 heavy (non-hydrogen) atoms. The Hall–Kier alpha value is -0.770. The second-order valence-corrected chi connectivity index (χ2v) is 1.73. The third-order valence-electron chi connectivity index (χ3n) is 1.17. The lowest BCUT2D eigenvalue weighted by Gasteiger charge is -1.86. The van der Waals surface area contributed by atoms with Gasteiger partial charge in [-0.1, -0.05) is 12.2 Å². The lowest BCUT2D eigenvalue weighted by Crippen LogP contribution is -1.89. The van der Waals surface area contributed by atoms with Crippen molar-refractivity contribution in [1.29, 1.82) is 0 Å². The molecule has 0 heterocycles. The summed E-state index contributed by atoms with van der Waals surface area (Å²) in [5.41, 5.74) is 0. The Labute approximate surface area is 43.5 Å². The molecule has 0 fully saturated rings. The van der Waals surface area contributed by atoms with Crippen LogP contribution in [-0.2, 0) is 0 Å². The Morgan fingerprint density at radius 1 is 1.43 bits per heavy atom. The molecule has 1 aliphatic rings. The van der Waals surface area contributed by atoms with Crippen LogP contribution in [-0.4, -0.2) is 6.04 Å². The molecule has 1 nitrogen and oxygen atoms in total. The molecule has 0 aliphatic heterocycles. The SMILES string of the molecule is [C-]#[N+]C1CC=CC1. The summed E-state index contributed by atoms with van der Waals surface area (Å²) < 4.78 is 0.